The Morgan fingerprint density at radius 3 is 2.68 bits per heavy atom. The zero-order valence-electron chi connectivity index (χ0n) is 13.5. The lowest BCUT2D eigenvalue weighted by atomic mass is 10.3. The summed E-state index contributed by atoms with van der Waals surface area (Å²) in [5, 5.41) is 0.945. The molecular weight excluding hydrogens is 318 g/mol. The predicted octanol–water partition coefficient (Wildman–Crippen LogP) is 3.14. The van der Waals surface area contributed by atoms with Crippen molar-refractivity contribution in [3.05, 3.63) is 27.7 Å². The number of thiophene rings is 1. The zero-order valence-corrected chi connectivity index (χ0v) is 15.2. The molecule has 0 N–H and O–H groups in total. The molecular formula is C15H23N3O2S2. The van der Waals surface area contributed by atoms with E-state index in [9.17, 15) is 0 Å². The van der Waals surface area contributed by atoms with Gasteiger partial charge in [0.2, 0.25) is 5.13 Å². The van der Waals surface area contributed by atoms with Crippen LogP contribution in [-0.4, -0.2) is 42.8 Å². The van der Waals surface area contributed by atoms with Gasteiger partial charge in [0.05, 0.1) is 19.3 Å². The summed E-state index contributed by atoms with van der Waals surface area (Å²) < 4.78 is 15.1. The molecule has 0 aliphatic heterocycles. The maximum Gasteiger partial charge on any atom is 0.205 e. The van der Waals surface area contributed by atoms with Gasteiger partial charge < -0.3 is 14.4 Å². The quantitative estimate of drug-likeness (QED) is 0.701. The van der Waals surface area contributed by atoms with E-state index in [1.807, 2.05) is 11.3 Å². The van der Waals surface area contributed by atoms with Crippen molar-refractivity contribution < 1.29 is 9.47 Å². The molecule has 2 aromatic rings. The number of nitrogens with zero attached hydrogens (tertiary/aromatic N) is 3. The van der Waals surface area contributed by atoms with Crippen LogP contribution < -0.4 is 4.90 Å². The highest BCUT2D eigenvalue weighted by molar-refractivity contribution is 7.12. The zero-order chi connectivity index (χ0) is 15.9. The van der Waals surface area contributed by atoms with Gasteiger partial charge in [0.25, 0.3) is 0 Å². The van der Waals surface area contributed by atoms with Crippen molar-refractivity contribution in [2.24, 2.45) is 0 Å². The Morgan fingerprint density at radius 2 is 2.14 bits per heavy atom. The molecule has 0 amide bonds. The lowest BCUT2D eigenvalue weighted by Crippen LogP contribution is -2.35. The molecule has 122 valence electrons. The van der Waals surface area contributed by atoms with Crippen LogP contribution in [0.4, 0.5) is 5.13 Å². The molecule has 1 atom stereocenters. The fourth-order valence-corrected chi connectivity index (χ4v) is 3.78. The topological polar surface area (TPSA) is 47.5 Å². The second kappa shape index (κ2) is 8.57. The Labute approximate surface area is 140 Å². The molecule has 0 radical (unpaired) electrons. The Bertz CT molecular complexity index is 571. The molecule has 1 unspecified atom stereocenters. The SMILES string of the molecule is CCc1nsc(N(Cc2ccc(C)s2)CC(COC)OC)n1. The lowest BCUT2D eigenvalue weighted by molar-refractivity contribution is 0.0327. The molecule has 0 aromatic carbocycles. The number of aryl methyl sites for hydroxylation is 2. The molecule has 0 bridgehead atoms. The van der Waals surface area contributed by atoms with E-state index in [0.29, 0.717) is 6.61 Å². The standard InChI is InChI=1S/C15H23N3O2S2/c1-5-14-16-15(22-17-14)18(8-12(20-4)10-19-3)9-13-7-6-11(2)21-13/h6-7,12H,5,8-10H2,1-4H3. The lowest BCUT2D eigenvalue weighted by Gasteiger charge is -2.25. The number of hydrogen-bond acceptors (Lipinski definition) is 7. The van der Waals surface area contributed by atoms with Crippen LogP contribution in [0.1, 0.15) is 22.5 Å². The van der Waals surface area contributed by atoms with Gasteiger partial charge in [-0.15, -0.1) is 11.3 Å². The molecule has 2 heterocycles. The molecule has 0 saturated heterocycles. The Balaban J connectivity index is 2.15. The number of aromatic nitrogens is 2. The van der Waals surface area contributed by atoms with Crippen molar-refractivity contribution in [2.45, 2.75) is 32.9 Å². The van der Waals surface area contributed by atoms with Gasteiger partial charge in [0.15, 0.2) is 0 Å². The van der Waals surface area contributed by atoms with Crippen LogP contribution in [0.3, 0.4) is 0 Å². The average Bonchev–Trinajstić information content (AvgIpc) is 3.14. The van der Waals surface area contributed by atoms with Crippen LogP contribution >= 0.6 is 22.9 Å². The van der Waals surface area contributed by atoms with Crippen molar-refractivity contribution in [3.8, 4) is 0 Å². The summed E-state index contributed by atoms with van der Waals surface area (Å²) >= 11 is 3.27. The minimum absolute atomic E-state index is 0.0139. The second-order valence-electron chi connectivity index (χ2n) is 5.05. The van der Waals surface area contributed by atoms with Crippen molar-refractivity contribution in [1.82, 2.24) is 9.36 Å². The molecule has 0 aliphatic rings. The summed E-state index contributed by atoms with van der Waals surface area (Å²) in [6.45, 7) is 6.32. The number of ether oxygens (including phenoxy) is 2. The average molecular weight is 342 g/mol. The fourth-order valence-electron chi connectivity index (χ4n) is 2.11. The highest BCUT2D eigenvalue weighted by atomic mass is 32.1. The molecule has 5 nitrogen and oxygen atoms in total. The van der Waals surface area contributed by atoms with E-state index in [1.165, 1.54) is 21.3 Å². The predicted molar refractivity (Wildman–Crippen MR) is 92.1 cm³/mol. The van der Waals surface area contributed by atoms with Gasteiger partial charge >= 0.3 is 0 Å². The van der Waals surface area contributed by atoms with E-state index in [2.05, 4.69) is 40.2 Å². The van der Waals surface area contributed by atoms with Gasteiger partial charge in [-0.05, 0) is 19.1 Å². The second-order valence-corrected chi connectivity index (χ2v) is 7.16. The molecule has 2 aromatic heterocycles. The molecule has 2 rings (SSSR count). The monoisotopic (exact) mass is 341 g/mol. The Morgan fingerprint density at radius 1 is 1.32 bits per heavy atom. The van der Waals surface area contributed by atoms with E-state index < -0.39 is 0 Å². The summed E-state index contributed by atoms with van der Waals surface area (Å²) in [6.07, 6.45) is 0.869. The highest BCUT2D eigenvalue weighted by Gasteiger charge is 2.19. The molecule has 0 saturated carbocycles. The first-order chi connectivity index (χ1) is 10.7. The van der Waals surface area contributed by atoms with Crippen molar-refractivity contribution in [1.29, 1.82) is 0 Å². The van der Waals surface area contributed by atoms with Crippen molar-refractivity contribution in [2.75, 3.05) is 32.3 Å². The summed E-state index contributed by atoms with van der Waals surface area (Å²) in [7, 11) is 3.41. The van der Waals surface area contributed by atoms with Crippen LogP contribution in [0, 0.1) is 6.92 Å². The molecule has 22 heavy (non-hydrogen) atoms. The summed E-state index contributed by atoms with van der Waals surface area (Å²) in [6, 6.07) is 4.33. The van der Waals surface area contributed by atoms with Crippen LogP contribution in [0.5, 0.6) is 0 Å². The third-order valence-corrected chi connectivity index (χ3v) is 5.10. The van der Waals surface area contributed by atoms with E-state index in [1.54, 1.807) is 14.2 Å². The minimum Gasteiger partial charge on any atom is -0.382 e. The Hall–Kier alpha value is -1.02. The van der Waals surface area contributed by atoms with Gasteiger partial charge in [-0.25, -0.2) is 4.98 Å². The minimum atomic E-state index is 0.0139. The molecule has 7 heteroatoms. The number of hydrogen-bond donors (Lipinski definition) is 0. The van der Waals surface area contributed by atoms with Gasteiger partial charge in [0, 0.05) is 48.5 Å². The van der Waals surface area contributed by atoms with Crippen molar-refractivity contribution >= 4 is 28.0 Å². The van der Waals surface area contributed by atoms with Crippen LogP contribution in [-0.2, 0) is 22.4 Å². The fraction of sp³-hybridized carbons (Fsp3) is 0.600. The first-order valence-electron chi connectivity index (χ1n) is 7.30. The first-order valence-corrected chi connectivity index (χ1v) is 8.89. The number of methoxy groups -OCH3 is 2. The molecule has 0 spiro atoms. The van der Waals surface area contributed by atoms with E-state index in [4.69, 9.17) is 9.47 Å². The van der Waals surface area contributed by atoms with E-state index in [0.717, 1.165) is 30.5 Å². The van der Waals surface area contributed by atoms with Crippen LogP contribution in [0.15, 0.2) is 12.1 Å². The van der Waals surface area contributed by atoms with Gasteiger partial charge in [0.1, 0.15) is 5.82 Å². The summed E-state index contributed by atoms with van der Waals surface area (Å²) in [4.78, 5) is 9.49. The molecule has 0 fully saturated rings. The third-order valence-electron chi connectivity index (χ3n) is 3.30. The first kappa shape index (κ1) is 17.3. The summed E-state index contributed by atoms with van der Waals surface area (Å²) in [5.41, 5.74) is 0. The number of rotatable bonds is 9. The third kappa shape index (κ3) is 4.74. The molecule has 0 aliphatic carbocycles. The number of anilines is 1. The Kier molecular flexibility index (Phi) is 6.75. The van der Waals surface area contributed by atoms with Crippen LogP contribution in [0.25, 0.3) is 0 Å². The largest absolute Gasteiger partial charge is 0.382 e. The van der Waals surface area contributed by atoms with Gasteiger partial charge in [-0.2, -0.15) is 4.37 Å². The maximum atomic E-state index is 5.51. The summed E-state index contributed by atoms with van der Waals surface area (Å²) in [5.74, 6) is 0.896. The van der Waals surface area contributed by atoms with E-state index in [-0.39, 0.29) is 6.10 Å². The normalized spacial score (nSPS) is 12.5. The van der Waals surface area contributed by atoms with Crippen LogP contribution in [0.2, 0.25) is 0 Å². The highest BCUT2D eigenvalue weighted by Crippen LogP contribution is 2.24. The van der Waals surface area contributed by atoms with E-state index >= 15 is 0 Å². The van der Waals surface area contributed by atoms with Crippen molar-refractivity contribution in [3.63, 3.8) is 0 Å². The van der Waals surface area contributed by atoms with Gasteiger partial charge in [-0.1, -0.05) is 6.92 Å². The smallest absolute Gasteiger partial charge is 0.205 e. The van der Waals surface area contributed by atoms with Gasteiger partial charge in [-0.3, -0.25) is 0 Å². The maximum absolute atomic E-state index is 5.51.